The van der Waals surface area contributed by atoms with E-state index in [-0.39, 0.29) is 5.56 Å². The van der Waals surface area contributed by atoms with E-state index < -0.39 is 5.97 Å². The van der Waals surface area contributed by atoms with Crippen LogP contribution in [0.25, 0.3) is 10.8 Å². The number of pyridine rings is 1. The van der Waals surface area contributed by atoms with Gasteiger partial charge in [0.25, 0.3) is 0 Å². The summed E-state index contributed by atoms with van der Waals surface area (Å²) in [4.78, 5) is 15.1. The van der Waals surface area contributed by atoms with Gasteiger partial charge in [-0.1, -0.05) is 0 Å². The summed E-state index contributed by atoms with van der Waals surface area (Å²) in [6.07, 6.45) is 1.65. The lowest BCUT2D eigenvalue weighted by Gasteiger charge is -2.07. The first kappa shape index (κ1) is 11.3. The molecule has 0 saturated carbocycles. The second-order valence-electron chi connectivity index (χ2n) is 3.62. The van der Waals surface area contributed by atoms with Gasteiger partial charge in [0.1, 0.15) is 5.82 Å². The molecular formula is C12H13N3O2. The van der Waals surface area contributed by atoms with Crippen LogP contribution in [-0.4, -0.2) is 29.1 Å². The molecule has 0 atom stereocenters. The number of fused-ring (bicyclic) bond motifs is 1. The molecule has 0 spiro atoms. The lowest BCUT2D eigenvalue weighted by atomic mass is 10.1. The largest absolute Gasteiger partial charge is 0.478 e. The van der Waals surface area contributed by atoms with Gasteiger partial charge in [-0.05, 0) is 29.7 Å². The first-order chi connectivity index (χ1) is 8.22. The smallest absolute Gasteiger partial charge is 0.335 e. The molecule has 0 fully saturated rings. The number of hydrogen-bond acceptors (Lipinski definition) is 4. The molecule has 0 radical (unpaired) electrons. The Bertz CT molecular complexity index is 554. The van der Waals surface area contributed by atoms with Gasteiger partial charge in [0.15, 0.2) is 0 Å². The van der Waals surface area contributed by atoms with Crippen molar-refractivity contribution in [1.82, 2.24) is 4.98 Å². The Kier molecular flexibility index (Phi) is 3.20. The average Bonchev–Trinajstić information content (AvgIpc) is 2.35. The van der Waals surface area contributed by atoms with E-state index in [0.717, 1.165) is 16.6 Å². The zero-order chi connectivity index (χ0) is 12.3. The number of carbonyl (C=O) groups is 1. The summed E-state index contributed by atoms with van der Waals surface area (Å²) in [5.74, 6) is -0.204. The summed E-state index contributed by atoms with van der Waals surface area (Å²) in [7, 11) is 0. The number of carboxylic acid groups (broad SMARTS) is 1. The van der Waals surface area contributed by atoms with E-state index in [1.165, 1.54) is 0 Å². The maximum absolute atomic E-state index is 10.9. The van der Waals surface area contributed by atoms with Crippen LogP contribution in [0.3, 0.4) is 0 Å². The average molecular weight is 231 g/mol. The maximum atomic E-state index is 10.9. The van der Waals surface area contributed by atoms with Crippen LogP contribution in [0.15, 0.2) is 30.5 Å². The molecule has 0 aliphatic heterocycles. The van der Waals surface area contributed by atoms with Crippen LogP contribution in [-0.2, 0) is 0 Å². The van der Waals surface area contributed by atoms with Crippen molar-refractivity contribution in [1.29, 1.82) is 0 Å². The molecule has 5 heteroatoms. The molecule has 0 aliphatic carbocycles. The molecule has 0 bridgehead atoms. The van der Waals surface area contributed by atoms with Gasteiger partial charge in [-0.15, -0.1) is 0 Å². The molecule has 0 saturated heterocycles. The minimum atomic E-state index is -0.930. The standard InChI is InChI=1S/C12H13N3O2/c13-4-6-15-11-10-2-1-9(12(16)17)7-8(10)3-5-14-11/h1-3,5,7H,4,6,13H2,(H,14,15)(H,16,17). The van der Waals surface area contributed by atoms with E-state index >= 15 is 0 Å². The monoisotopic (exact) mass is 231 g/mol. The number of nitrogens with zero attached hydrogens (tertiary/aromatic N) is 1. The Morgan fingerprint density at radius 2 is 2.24 bits per heavy atom. The second-order valence-corrected chi connectivity index (χ2v) is 3.62. The fourth-order valence-electron chi connectivity index (χ4n) is 1.64. The Morgan fingerprint density at radius 3 is 2.94 bits per heavy atom. The Balaban J connectivity index is 2.47. The first-order valence-corrected chi connectivity index (χ1v) is 5.28. The van der Waals surface area contributed by atoms with E-state index in [2.05, 4.69) is 10.3 Å². The molecule has 0 unspecified atom stereocenters. The lowest BCUT2D eigenvalue weighted by molar-refractivity contribution is 0.0697. The van der Waals surface area contributed by atoms with Gasteiger partial charge >= 0.3 is 5.97 Å². The highest BCUT2D eigenvalue weighted by Gasteiger charge is 2.06. The van der Waals surface area contributed by atoms with E-state index in [1.54, 1.807) is 30.5 Å². The van der Waals surface area contributed by atoms with Gasteiger partial charge in [0.05, 0.1) is 5.56 Å². The third-order valence-electron chi connectivity index (χ3n) is 2.45. The summed E-state index contributed by atoms with van der Waals surface area (Å²) in [5.41, 5.74) is 5.69. The minimum Gasteiger partial charge on any atom is -0.478 e. The SMILES string of the molecule is NCCNc1nccc2cc(C(=O)O)ccc12. The van der Waals surface area contributed by atoms with Gasteiger partial charge in [-0.3, -0.25) is 0 Å². The minimum absolute atomic E-state index is 0.272. The summed E-state index contributed by atoms with van der Waals surface area (Å²) in [6, 6.07) is 6.74. The Hall–Kier alpha value is -2.14. The van der Waals surface area contributed by atoms with Crippen molar-refractivity contribution in [3.63, 3.8) is 0 Å². The highest BCUT2D eigenvalue weighted by Crippen LogP contribution is 2.22. The van der Waals surface area contributed by atoms with Crippen LogP contribution in [0.4, 0.5) is 5.82 Å². The molecule has 4 N–H and O–H groups in total. The van der Waals surface area contributed by atoms with E-state index in [1.807, 2.05) is 0 Å². The second kappa shape index (κ2) is 4.80. The molecule has 2 aromatic rings. The number of rotatable bonds is 4. The van der Waals surface area contributed by atoms with Crippen LogP contribution in [0.1, 0.15) is 10.4 Å². The number of benzene rings is 1. The van der Waals surface area contributed by atoms with Crippen molar-refractivity contribution in [3.8, 4) is 0 Å². The van der Waals surface area contributed by atoms with Crippen molar-refractivity contribution in [2.24, 2.45) is 5.73 Å². The fourth-order valence-corrected chi connectivity index (χ4v) is 1.64. The Morgan fingerprint density at radius 1 is 1.41 bits per heavy atom. The van der Waals surface area contributed by atoms with Crippen LogP contribution in [0.5, 0.6) is 0 Å². The normalized spacial score (nSPS) is 10.4. The third-order valence-corrected chi connectivity index (χ3v) is 2.45. The van der Waals surface area contributed by atoms with Crippen molar-refractivity contribution in [2.75, 3.05) is 18.4 Å². The summed E-state index contributed by atoms with van der Waals surface area (Å²) in [5, 5.41) is 13.8. The number of aromatic carboxylic acids is 1. The molecule has 2 rings (SSSR count). The summed E-state index contributed by atoms with van der Waals surface area (Å²) < 4.78 is 0. The topological polar surface area (TPSA) is 88.2 Å². The van der Waals surface area contributed by atoms with Crippen molar-refractivity contribution in [2.45, 2.75) is 0 Å². The number of aromatic nitrogens is 1. The first-order valence-electron chi connectivity index (χ1n) is 5.28. The van der Waals surface area contributed by atoms with Crippen LogP contribution in [0.2, 0.25) is 0 Å². The molecule has 1 heterocycles. The molecule has 1 aromatic carbocycles. The highest BCUT2D eigenvalue weighted by molar-refractivity contribution is 5.98. The number of hydrogen-bond donors (Lipinski definition) is 3. The quantitative estimate of drug-likeness (QED) is 0.738. The van der Waals surface area contributed by atoms with Gasteiger partial charge in [0.2, 0.25) is 0 Å². The van der Waals surface area contributed by atoms with Gasteiger partial charge < -0.3 is 16.2 Å². The van der Waals surface area contributed by atoms with Gasteiger partial charge in [-0.25, -0.2) is 9.78 Å². The van der Waals surface area contributed by atoms with Gasteiger partial charge in [-0.2, -0.15) is 0 Å². The van der Waals surface area contributed by atoms with E-state index in [4.69, 9.17) is 10.8 Å². The highest BCUT2D eigenvalue weighted by atomic mass is 16.4. The fraction of sp³-hybridized carbons (Fsp3) is 0.167. The van der Waals surface area contributed by atoms with E-state index in [0.29, 0.717) is 13.1 Å². The number of carboxylic acids is 1. The molecule has 5 nitrogen and oxygen atoms in total. The zero-order valence-electron chi connectivity index (χ0n) is 9.18. The molecule has 88 valence electrons. The number of nitrogens with two attached hydrogens (primary N) is 1. The lowest BCUT2D eigenvalue weighted by Crippen LogP contribution is -2.14. The summed E-state index contributed by atoms with van der Waals surface area (Å²) >= 11 is 0. The maximum Gasteiger partial charge on any atom is 0.335 e. The van der Waals surface area contributed by atoms with Gasteiger partial charge in [0, 0.05) is 24.7 Å². The molecular weight excluding hydrogens is 218 g/mol. The third kappa shape index (κ3) is 2.34. The summed E-state index contributed by atoms with van der Waals surface area (Å²) in [6.45, 7) is 1.15. The zero-order valence-corrected chi connectivity index (χ0v) is 9.18. The predicted octanol–water partition coefficient (Wildman–Crippen LogP) is 1.30. The number of nitrogens with one attached hydrogen (secondary N) is 1. The molecule has 0 amide bonds. The predicted molar refractivity (Wildman–Crippen MR) is 66.2 cm³/mol. The van der Waals surface area contributed by atoms with Crippen molar-refractivity contribution in [3.05, 3.63) is 36.0 Å². The molecule has 1 aromatic heterocycles. The van der Waals surface area contributed by atoms with Crippen molar-refractivity contribution < 1.29 is 9.90 Å². The number of anilines is 1. The molecule has 17 heavy (non-hydrogen) atoms. The van der Waals surface area contributed by atoms with Crippen LogP contribution in [0, 0.1) is 0 Å². The Labute approximate surface area is 98.3 Å². The van der Waals surface area contributed by atoms with Crippen LogP contribution < -0.4 is 11.1 Å². The van der Waals surface area contributed by atoms with Crippen LogP contribution >= 0.6 is 0 Å². The van der Waals surface area contributed by atoms with E-state index in [9.17, 15) is 4.79 Å². The molecule has 0 aliphatic rings. The van der Waals surface area contributed by atoms with Crippen molar-refractivity contribution >= 4 is 22.6 Å².